The summed E-state index contributed by atoms with van der Waals surface area (Å²) in [5.41, 5.74) is 35.5. The van der Waals surface area contributed by atoms with Crippen LogP contribution in [0.4, 0.5) is 0 Å². The number of benzene rings is 8. The van der Waals surface area contributed by atoms with Gasteiger partial charge in [0, 0.05) is 94.9 Å². The molecule has 0 radical (unpaired) electrons. The lowest BCUT2D eigenvalue weighted by Gasteiger charge is -2.07. The van der Waals surface area contributed by atoms with E-state index in [1.807, 2.05) is 0 Å². The van der Waals surface area contributed by atoms with Gasteiger partial charge in [0.25, 0.3) is 0 Å². The third-order valence-electron chi connectivity index (χ3n) is 19.9. The number of fused-ring (bicyclic) bond motifs is 16. The number of hydrogen-bond acceptors (Lipinski definition) is 7. The molecule has 14 aromatic rings. The summed E-state index contributed by atoms with van der Waals surface area (Å²) in [4.78, 5) is 26.3. The van der Waals surface area contributed by atoms with Gasteiger partial charge in [-0.1, -0.05) is 215 Å². The summed E-state index contributed by atoms with van der Waals surface area (Å²) in [6, 6.07) is 88.3. The third kappa shape index (κ3) is 12.2. The molecule has 0 spiro atoms. The van der Waals surface area contributed by atoms with Gasteiger partial charge in [0.1, 0.15) is 0 Å². The number of nitrogens with one attached hydrogen (secondary N) is 1. The van der Waals surface area contributed by atoms with Gasteiger partial charge in [0.2, 0.25) is 0 Å². The summed E-state index contributed by atoms with van der Waals surface area (Å²) in [5.74, 6) is 7.11. The molecule has 0 aliphatic carbocycles. The van der Waals surface area contributed by atoms with Gasteiger partial charge in [0.05, 0.1) is 45.6 Å². The molecule has 0 saturated heterocycles. The molecule has 1 N–H and O–H groups in total. The molecule has 0 unspecified atom stereocenters. The molecular weight excluding hydrogens is 1320 g/mol. The molecule has 18 rings (SSSR count). The number of thiophene rings is 3. The number of rotatable bonds is 8. The predicted octanol–water partition coefficient (Wildman–Crippen LogP) is 26.4. The number of aromatic amines is 1. The lowest BCUT2D eigenvalue weighted by Crippen LogP contribution is -1.89. The van der Waals surface area contributed by atoms with Crippen LogP contribution in [0.25, 0.3) is 177 Å². The van der Waals surface area contributed by atoms with Crippen molar-refractivity contribution in [3.05, 3.63) is 333 Å². The van der Waals surface area contributed by atoms with Crippen molar-refractivity contribution in [3.8, 4) is 101 Å². The minimum atomic E-state index is 0.881. The van der Waals surface area contributed by atoms with Gasteiger partial charge in [-0.05, 0) is 207 Å². The summed E-state index contributed by atoms with van der Waals surface area (Å²) in [7, 11) is 0. The fourth-order valence-electron chi connectivity index (χ4n) is 14.4. The average molecular weight is 1390 g/mol. The predicted molar refractivity (Wildman–Crippen MR) is 446 cm³/mol. The SMILES string of the molecule is Cc1ccc(-c2c3nc(c(-c4ccc(C)cc4)c4ccc(s4)c(-c4ccc(C#Cc5ccc(-c6c7nc(c(-c8ccc(C)cc8)c8ccc(s8)c(-c8ccc(C)cc8)c8nc(c(-c9ccc(C)cc9)c9ccc6s9)C=C8)C=C7)cc5)cc4)c4nc(c(-c5ccc(C)cc5)c5ccc2[nH]5)C=C4)C=C3)cc1. The van der Waals surface area contributed by atoms with Crippen molar-refractivity contribution in [2.75, 3.05) is 0 Å². The van der Waals surface area contributed by atoms with Crippen LogP contribution < -0.4 is 0 Å². The van der Waals surface area contributed by atoms with E-state index in [4.69, 9.17) is 19.9 Å². The minimum Gasteiger partial charge on any atom is -0.354 e. The van der Waals surface area contributed by atoms with Gasteiger partial charge in [-0.2, -0.15) is 0 Å². The van der Waals surface area contributed by atoms with Crippen molar-refractivity contribution in [2.24, 2.45) is 0 Å². The maximum atomic E-state index is 5.65. The van der Waals surface area contributed by atoms with E-state index in [9.17, 15) is 0 Å². The molecule has 10 heterocycles. The number of hydrogen-bond donors (Lipinski definition) is 1. The van der Waals surface area contributed by atoms with Gasteiger partial charge >= 0.3 is 0 Å². The van der Waals surface area contributed by atoms with Crippen LogP contribution in [-0.4, -0.2) is 24.9 Å². The van der Waals surface area contributed by atoms with Crippen LogP contribution in [-0.2, 0) is 0 Å². The maximum Gasteiger partial charge on any atom is 0.0737 e. The van der Waals surface area contributed by atoms with Crippen LogP contribution in [0.15, 0.2) is 243 Å². The molecular formula is C96H67N5S3. The van der Waals surface area contributed by atoms with Crippen molar-refractivity contribution < 1.29 is 0 Å². The van der Waals surface area contributed by atoms with Gasteiger partial charge in [-0.3, -0.25) is 0 Å². The largest absolute Gasteiger partial charge is 0.354 e. The highest BCUT2D eigenvalue weighted by atomic mass is 32.1. The third-order valence-corrected chi connectivity index (χ3v) is 23.2. The molecule has 5 nitrogen and oxygen atoms in total. The van der Waals surface area contributed by atoms with Crippen molar-refractivity contribution in [1.82, 2.24) is 24.9 Å². The Labute approximate surface area is 617 Å². The first kappa shape index (κ1) is 63.9. The van der Waals surface area contributed by atoms with E-state index >= 15 is 0 Å². The topological polar surface area (TPSA) is 67.3 Å². The van der Waals surface area contributed by atoms with E-state index in [-0.39, 0.29) is 0 Å². The van der Waals surface area contributed by atoms with Crippen LogP contribution in [0, 0.1) is 53.4 Å². The number of nitrogens with zero attached hydrogens (tertiary/aromatic N) is 4. The van der Waals surface area contributed by atoms with E-state index < -0.39 is 0 Å². The summed E-state index contributed by atoms with van der Waals surface area (Å²) >= 11 is 5.34. The van der Waals surface area contributed by atoms with Crippen LogP contribution in [0.1, 0.15) is 90.1 Å². The zero-order valence-corrected chi connectivity index (χ0v) is 60.7. The van der Waals surface area contributed by atoms with Crippen molar-refractivity contribution in [1.29, 1.82) is 0 Å². The van der Waals surface area contributed by atoms with Crippen molar-refractivity contribution >= 4 is 122 Å². The zero-order chi connectivity index (χ0) is 70.1. The molecule has 494 valence electrons. The fraction of sp³-hybridized carbons (Fsp3) is 0.0625. The van der Waals surface area contributed by atoms with Gasteiger partial charge in [-0.15, -0.1) is 34.0 Å². The minimum absolute atomic E-state index is 0.881. The Morgan fingerprint density at radius 1 is 0.202 bits per heavy atom. The quantitative estimate of drug-likeness (QED) is 0.154. The average Bonchev–Trinajstić information content (AvgIpc) is 1.61. The van der Waals surface area contributed by atoms with E-state index in [1.54, 1.807) is 34.0 Å². The van der Waals surface area contributed by atoms with E-state index in [1.165, 1.54) is 33.4 Å². The van der Waals surface area contributed by atoms with Crippen molar-refractivity contribution in [3.63, 3.8) is 0 Å². The smallest absolute Gasteiger partial charge is 0.0737 e. The molecule has 4 aliphatic rings. The first-order valence-electron chi connectivity index (χ1n) is 35.1. The summed E-state index contributed by atoms with van der Waals surface area (Å²) in [6.07, 6.45) is 17.5. The number of aromatic nitrogens is 5. The van der Waals surface area contributed by atoms with Crippen LogP contribution in [0.2, 0.25) is 0 Å². The Morgan fingerprint density at radius 2 is 0.375 bits per heavy atom. The second-order valence-electron chi connectivity index (χ2n) is 27.2. The highest BCUT2D eigenvalue weighted by molar-refractivity contribution is 7.25. The molecule has 104 heavy (non-hydrogen) atoms. The summed E-state index contributed by atoms with van der Waals surface area (Å²) < 4.78 is 6.73. The fourth-order valence-corrected chi connectivity index (χ4v) is 17.8. The molecule has 0 amide bonds. The van der Waals surface area contributed by atoms with Gasteiger partial charge in [-0.25, -0.2) is 19.9 Å². The molecule has 4 aliphatic heterocycles. The normalized spacial score (nSPS) is 12.1. The maximum absolute atomic E-state index is 5.65. The Bertz CT molecular complexity index is 5910. The molecule has 0 atom stereocenters. The number of aryl methyl sites for hydroxylation is 6. The molecule has 8 heteroatoms. The molecule has 8 aromatic carbocycles. The standard InChI is InChI=1S/C96H67N5S3/c1-57-7-25-65(26-8-57)89-73-41-42-74(97-73)90(66-27-9-58(2)10-28-66)76-44-46-78(99-76)95(87-55-53-83(103-87)91(77-45-43-75(89)98-77)67-29-11-59(3)12-30-67)71-37-21-63(22-38-71)19-20-64-23-39-72(40-24-64)96-82-50-49-81(101-82)94(70-35-17-62(6)18-36-70)85-52-51-84(102-85)92(68-31-13-60(4)14-32-68)79-47-48-80(100-79)93(86-54-56-88(96)104-86)69-33-15-61(5)16-34-69/h7-18,21-56,97H,1-6H3. The second kappa shape index (κ2) is 26.6. The van der Waals surface area contributed by atoms with Crippen molar-refractivity contribution in [2.45, 2.75) is 41.5 Å². The Balaban J connectivity index is 0.768. The zero-order valence-electron chi connectivity index (χ0n) is 58.2. The van der Waals surface area contributed by atoms with Crippen LogP contribution >= 0.6 is 34.0 Å². The molecule has 0 fully saturated rings. The van der Waals surface area contributed by atoms with Crippen LogP contribution in [0.5, 0.6) is 0 Å². The van der Waals surface area contributed by atoms with Gasteiger partial charge < -0.3 is 4.98 Å². The van der Waals surface area contributed by atoms with E-state index in [2.05, 4.69) is 350 Å². The van der Waals surface area contributed by atoms with Gasteiger partial charge in [0.15, 0.2) is 0 Å². The first-order chi connectivity index (χ1) is 50.9. The lowest BCUT2D eigenvalue weighted by molar-refractivity contribution is 1.32. The van der Waals surface area contributed by atoms with Crippen LogP contribution in [0.3, 0.4) is 0 Å². The summed E-state index contributed by atoms with van der Waals surface area (Å²) in [6.45, 7) is 12.8. The van der Waals surface area contributed by atoms with E-state index in [0.717, 1.165) is 185 Å². The Hall–Kier alpha value is -12.2. The Kier molecular flexibility index (Phi) is 16.4. The lowest BCUT2D eigenvalue weighted by atomic mass is 10.0. The Morgan fingerprint density at radius 3 is 0.577 bits per heavy atom. The number of H-pyrrole nitrogens is 1. The molecule has 16 bridgehead atoms. The first-order valence-corrected chi connectivity index (χ1v) is 37.6. The highest BCUT2D eigenvalue weighted by Crippen LogP contribution is 2.46. The second-order valence-corrected chi connectivity index (χ2v) is 30.5. The summed E-state index contributed by atoms with van der Waals surface area (Å²) in [5, 5.41) is 0. The molecule has 0 saturated carbocycles. The monoisotopic (exact) mass is 1390 g/mol. The highest BCUT2D eigenvalue weighted by Gasteiger charge is 2.23. The molecule has 6 aromatic heterocycles. The van der Waals surface area contributed by atoms with E-state index in [0.29, 0.717) is 0 Å².